The second-order valence-electron chi connectivity index (χ2n) is 3.58. The van der Waals surface area contributed by atoms with E-state index in [-0.39, 0.29) is 5.43 Å². The third kappa shape index (κ3) is 3.22. The minimum atomic E-state index is -0.0706. The fourth-order valence-corrected chi connectivity index (χ4v) is 1.61. The Bertz CT molecular complexity index is 648. The summed E-state index contributed by atoms with van der Waals surface area (Å²) in [5.74, 6) is 0. The van der Waals surface area contributed by atoms with E-state index in [0.29, 0.717) is 16.0 Å². The fourth-order valence-electron chi connectivity index (χ4n) is 1.44. The Labute approximate surface area is 109 Å². The van der Waals surface area contributed by atoms with E-state index in [9.17, 15) is 4.79 Å². The molecule has 0 aliphatic rings. The zero-order valence-corrected chi connectivity index (χ0v) is 10.3. The summed E-state index contributed by atoms with van der Waals surface area (Å²) in [5, 5.41) is 1.06. The number of halogens is 1. The first-order chi connectivity index (χ1) is 8.77. The molecule has 0 spiro atoms. The van der Waals surface area contributed by atoms with Crippen LogP contribution in [0.25, 0.3) is 11.0 Å². The van der Waals surface area contributed by atoms with Crippen molar-refractivity contribution >= 4 is 22.6 Å². The van der Waals surface area contributed by atoms with Crippen molar-refractivity contribution in [1.82, 2.24) is 0 Å². The van der Waals surface area contributed by atoms with E-state index in [2.05, 4.69) is 0 Å². The number of hydrogen-bond donors (Lipinski definition) is 0. The lowest BCUT2D eigenvalue weighted by Gasteiger charge is -1.94. The van der Waals surface area contributed by atoms with E-state index >= 15 is 0 Å². The number of rotatable bonds is 0. The van der Waals surface area contributed by atoms with Crippen LogP contribution >= 0.6 is 11.6 Å². The van der Waals surface area contributed by atoms with Crippen LogP contribution in [-0.4, -0.2) is 0 Å². The van der Waals surface area contributed by atoms with Crippen molar-refractivity contribution in [2.45, 2.75) is 0 Å². The van der Waals surface area contributed by atoms with E-state index in [1.165, 1.54) is 12.3 Å². The van der Waals surface area contributed by atoms with Gasteiger partial charge in [-0.3, -0.25) is 4.79 Å². The Morgan fingerprint density at radius 1 is 0.889 bits per heavy atom. The molecule has 2 nitrogen and oxygen atoms in total. The largest absolute Gasteiger partial charge is 0.464 e. The molecule has 1 aromatic heterocycles. The van der Waals surface area contributed by atoms with Crippen LogP contribution < -0.4 is 5.43 Å². The standard InChI is InChI=1S/C9H5ClO2.C6H6/c10-6-1-2-9-7(5-6)8(11)3-4-12-9;1-2-4-6-5-3-1/h1-5H;1-6H. The van der Waals surface area contributed by atoms with Gasteiger partial charge in [0.2, 0.25) is 0 Å². The summed E-state index contributed by atoms with van der Waals surface area (Å²) in [6.45, 7) is 0. The second kappa shape index (κ2) is 6.03. The van der Waals surface area contributed by atoms with E-state index < -0.39 is 0 Å². The van der Waals surface area contributed by atoms with Crippen LogP contribution in [0.15, 0.2) is 76.1 Å². The molecule has 0 N–H and O–H groups in total. The molecule has 0 aliphatic heterocycles. The predicted molar refractivity (Wildman–Crippen MR) is 73.9 cm³/mol. The first kappa shape index (κ1) is 12.4. The van der Waals surface area contributed by atoms with E-state index in [4.69, 9.17) is 16.0 Å². The summed E-state index contributed by atoms with van der Waals surface area (Å²) in [7, 11) is 0. The Hall–Kier alpha value is -2.06. The quantitative estimate of drug-likeness (QED) is 0.607. The van der Waals surface area contributed by atoms with Crippen LogP contribution in [0, 0.1) is 0 Å². The van der Waals surface area contributed by atoms with Crippen molar-refractivity contribution < 1.29 is 4.42 Å². The SMILES string of the molecule is O=c1ccoc2ccc(Cl)cc12.c1ccccc1. The van der Waals surface area contributed by atoms with Gasteiger partial charge in [0.15, 0.2) is 5.43 Å². The molecule has 0 bridgehead atoms. The third-order valence-electron chi connectivity index (χ3n) is 2.29. The molecule has 3 aromatic rings. The molecule has 0 saturated carbocycles. The highest BCUT2D eigenvalue weighted by molar-refractivity contribution is 6.31. The van der Waals surface area contributed by atoms with Crippen molar-refractivity contribution in [2.24, 2.45) is 0 Å². The van der Waals surface area contributed by atoms with Gasteiger partial charge >= 0.3 is 0 Å². The fraction of sp³-hybridized carbons (Fsp3) is 0. The topological polar surface area (TPSA) is 30.2 Å². The normalized spacial score (nSPS) is 9.61. The monoisotopic (exact) mass is 258 g/mol. The molecule has 0 amide bonds. The van der Waals surface area contributed by atoms with E-state index in [0.717, 1.165) is 0 Å². The molecule has 3 rings (SSSR count). The summed E-state index contributed by atoms with van der Waals surface area (Å²) in [5.41, 5.74) is 0.491. The molecule has 0 atom stereocenters. The minimum absolute atomic E-state index is 0.0706. The van der Waals surface area contributed by atoms with Crippen molar-refractivity contribution in [2.75, 3.05) is 0 Å². The van der Waals surface area contributed by atoms with Gasteiger partial charge in [0.1, 0.15) is 5.58 Å². The van der Waals surface area contributed by atoms with Gasteiger partial charge in [0.05, 0.1) is 11.6 Å². The summed E-state index contributed by atoms with van der Waals surface area (Å²) in [4.78, 5) is 11.2. The lowest BCUT2D eigenvalue weighted by Crippen LogP contribution is -1.96. The molecule has 0 radical (unpaired) electrons. The number of fused-ring (bicyclic) bond motifs is 1. The molecule has 0 unspecified atom stereocenters. The molecule has 0 aliphatic carbocycles. The van der Waals surface area contributed by atoms with Gasteiger partial charge in [0.25, 0.3) is 0 Å². The van der Waals surface area contributed by atoms with Gasteiger partial charge in [-0.2, -0.15) is 0 Å². The summed E-state index contributed by atoms with van der Waals surface area (Å²) < 4.78 is 5.09. The molecule has 3 heteroatoms. The van der Waals surface area contributed by atoms with Crippen LogP contribution in [-0.2, 0) is 0 Å². The van der Waals surface area contributed by atoms with Crippen LogP contribution in [0.4, 0.5) is 0 Å². The highest BCUT2D eigenvalue weighted by Crippen LogP contribution is 2.15. The van der Waals surface area contributed by atoms with Crippen molar-refractivity contribution in [3.63, 3.8) is 0 Å². The Morgan fingerprint density at radius 2 is 1.50 bits per heavy atom. The third-order valence-corrected chi connectivity index (χ3v) is 2.52. The van der Waals surface area contributed by atoms with Crippen LogP contribution in [0.3, 0.4) is 0 Å². The van der Waals surface area contributed by atoms with Gasteiger partial charge < -0.3 is 4.42 Å². The smallest absolute Gasteiger partial charge is 0.192 e. The summed E-state index contributed by atoms with van der Waals surface area (Å²) >= 11 is 5.71. The predicted octanol–water partition coefficient (Wildman–Crippen LogP) is 4.13. The molecule has 2 aromatic carbocycles. The Morgan fingerprint density at radius 3 is 2.11 bits per heavy atom. The van der Waals surface area contributed by atoms with Crippen LogP contribution in [0.2, 0.25) is 5.02 Å². The maximum absolute atomic E-state index is 11.2. The molecule has 18 heavy (non-hydrogen) atoms. The average molecular weight is 259 g/mol. The molecule has 0 fully saturated rings. The maximum atomic E-state index is 11.2. The molecule has 90 valence electrons. The first-order valence-electron chi connectivity index (χ1n) is 5.44. The van der Waals surface area contributed by atoms with Crippen molar-refractivity contribution in [3.05, 3.63) is 82.2 Å². The van der Waals surface area contributed by atoms with Crippen molar-refractivity contribution in [1.29, 1.82) is 0 Å². The van der Waals surface area contributed by atoms with Crippen LogP contribution in [0.5, 0.6) is 0 Å². The highest BCUT2D eigenvalue weighted by atomic mass is 35.5. The van der Waals surface area contributed by atoms with E-state index in [1.807, 2.05) is 36.4 Å². The zero-order chi connectivity index (χ0) is 12.8. The van der Waals surface area contributed by atoms with Gasteiger partial charge in [-0.05, 0) is 18.2 Å². The Balaban J connectivity index is 0.000000169. The molecule has 0 saturated heterocycles. The van der Waals surface area contributed by atoms with Gasteiger partial charge in [-0.25, -0.2) is 0 Å². The molecular formula is C15H11ClO2. The highest BCUT2D eigenvalue weighted by Gasteiger charge is 1.98. The Kier molecular flexibility index (Phi) is 4.15. The van der Waals surface area contributed by atoms with E-state index in [1.54, 1.807) is 18.2 Å². The molecule has 1 heterocycles. The number of hydrogen-bond acceptors (Lipinski definition) is 2. The first-order valence-corrected chi connectivity index (χ1v) is 5.82. The second-order valence-corrected chi connectivity index (χ2v) is 4.02. The van der Waals surface area contributed by atoms with Gasteiger partial charge in [-0.1, -0.05) is 48.0 Å². The maximum Gasteiger partial charge on any atom is 0.192 e. The average Bonchev–Trinajstić information content (AvgIpc) is 2.43. The van der Waals surface area contributed by atoms with Crippen molar-refractivity contribution in [3.8, 4) is 0 Å². The summed E-state index contributed by atoms with van der Waals surface area (Å²) in [6, 6.07) is 18.3. The summed E-state index contributed by atoms with van der Waals surface area (Å²) in [6.07, 6.45) is 1.37. The number of benzene rings is 2. The zero-order valence-electron chi connectivity index (χ0n) is 9.55. The van der Waals surface area contributed by atoms with Crippen LogP contribution in [0.1, 0.15) is 0 Å². The lowest BCUT2D eigenvalue weighted by molar-refractivity contribution is 0.602. The van der Waals surface area contributed by atoms with Gasteiger partial charge in [0, 0.05) is 11.1 Å². The lowest BCUT2D eigenvalue weighted by atomic mass is 10.2. The minimum Gasteiger partial charge on any atom is -0.464 e. The van der Waals surface area contributed by atoms with Gasteiger partial charge in [-0.15, -0.1) is 0 Å². The molecular weight excluding hydrogens is 248 g/mol.